The van der Waals surface area contributed by atoms with Gasteiger partial charge in [-0.15, -0.1) is 0 Å². The molecule has 0 aliphatic carbocycles. The van der Waals surface area contributed by atoms with Gasteiger partial charge in [-0.2, -0.15) is 0 Å². The average molecular weight is 382 g/mol. The molecule has 1 heterocycles. The molecule has 1 aromatic heterocycles. The van der Waals surface area contributed by atoms with E-state index in [0.29, 0.717) is 23.2 Å². The first-order valence-corrected chi connectivity index (χ1v) is 9.17. The molecule has 0 spiro atoms. The number of amides is 1. The Balaban J connectivity index is 1.94. The summed E-state index contributed by atoms with van der Waals surface area (Å²) in [6.07, 6.45) is 2.03. The molecule has 1 amide bonds. The lowest BCUT2D eigenvalue weighted by atomic mass is 10.0. The molecule has 28 heavy (non-hydrogen) atoms. The Labute approximate surface area is 164 Å². The van der Waals surface area contributed by atoms with Crippen molar-refractivity contribution in [2.45, 2.75) is 26.2 Å². The first-order chi connectivity index (χ1) is 13.5. The van der Waals surface area contributed by atoms with Crippen LogP contribution in [0.2, 0.25) is 0 Å². The van der Waals surface area contributed by atoms with Crippen LogP contribution in [-0.4, -0.2) is 32.2 Å². The zero-order valence-electron chi connectivity index (χ0n) is 16.9. The molecule has 148 valence electrons. The van der Waals surface area contributed by atoms with Crippen LogP contribution in [0.3, 0.4) is 0 Å². The highest BCUT2D eigenvalue weighted by atomic mass is 16.5. The smallest absolute Gasteiger partial charge is 0.228 e. The van der Waals surface area contributed by atoms with E-state index < -0.39 is 0 Å². The maximum atomic E-state index is 12.8. The van der Waals surface area contributed by atoms with Crippen LogP contribution in [0.1, 0.15) is 30.9 Å². The van der Waals surface area contributed by atoms with Gasteiger partial charge in [-0.1, -0.05) is 32.0 Å². The average Bonchev–Trinajstić information content (AvgIpc) is 3.08. The van der Waals surface area contributed by atoms with Gasteiger partial charge in [-0.3, -0.25) is 4.79 Å². The summed E-state index contributed by atoms with van der Waals surface area (Å²) in [6.45, 7) is 4.21. The molecule has 0 unspecified atom stereocenters. The Morgan fingerprint density at radius 1 is 1.07 bits per heavy atom. The first-order valence-electron chi connectivity index (χ1n) is 9.17. The number of aromatic amines is 1. The predicted molar refractivity (Wildman–Crippen MR) is 111 cm³/mol. The van der Waals surface area contributed by atoms with E-state index in [-0.39, 0.29) is 12.3 Å². The fraction of sp³-hybridized carbons (Fsp3) is 0.318. The van der Waals surface area contributed by atoms with Gasteiger partial charge in [0.1, 0.15) is 0 Å². The van der Waals surface area contributed by atoms with Crippen molar-refractivity contribution in [3.05, 3.63) is 47.7 Å². The number of aromatic nitrogens is 1. The highest BCUT2D eigenvalue weighted by Gasteiger charge is 2.21. The van der Waals surface area contributed by atoms with Gasteiger partial charge in [0.05, 0.1) is 33.3 Å². The Kier molecular flexibility index (Phi) is 5.78. The monoisotopic (exact) mass is 382 g/mol. The maximum Gasteiger partial charge on any atom is 0.228 e. The predicted octanol–water partition coefficient (Wildman–Crippen LogP) is 4.50. The van der Waals surface area contributed by atoms with Gasteiger partial charge in [0.2, 0.25) is 11.7 Å². The van der Waals surface area contributed by atoms with Crippen molar-refractivity contribution in [1.29, 1.82) is 0 Å². The van der Waals surface area contributed by atoms with Gasteiger partial charge < -0.3 is 24.5 Å². The van der Waals surface area contributed by atoms with Crippen molar-refractivity contribution in [3.63, 3.8) is 0 Å². The number of anilines is 1. The Morgan fingerprint density at radius 3 is 2.43 bits per heavy atom. The summed E-state index contributed by atoms with van der Waals surface area (Å²) in [4.78, 5) is 15.9. The standard InChI is InChI=1S/C22H26N2O4/c1-13(2)15-8-6-7-9-16(15)24-19(25)10-14-12-23-17-11-18(26-3)21(27-4)22(28-5)20(14)17/h6-9,11-13,23H,10H2,1-5H3,(H,24,25). The third-order valence-electron chi connectivity index (χ3n) is 4.76. The molecule has 6 nitrogen and oxygen atoms in total. The van der Waals surface area contributed by atoms with Crippen LogP contribution in [-0.2, 0) is 11.2 Å². The Bertz CT molecular complexity index is 992. The SMILES string of the molecule is COc1cc2[nH]cc(CC(=O)Nc3ccccc3C(C)C)c2c(OC)c1OC. The Morgan fingerprint density at radius 2 is 1.79 bits per heavy atom. The van der Waals surface area contributed by atoms with E-state index in [1.54, 1.807) is 21.3 Å². The number of carbonyl (C=O) groups excluding carboxylic acids is 1. The van der Waals surface area contributed by atoms with Gasteiger partial charge in [0.15, 0.2) is 11.5 Å². The fourth-order valence-corrected chi connectivity index (χ4v) is 3.45. The second kappa shape index (κ2) is 8.25. The van der Waals surface area contributed by atoms with Crippen LogP contribution in [0.4, 0.5) is 5.69 Å². The molecule has 0 fully saturated rings. The lowest BCUT2D eigenvalue weighted by Crippen LogP contribution is -2.15. The molecule has 0 radical (unpaired) electrons. The first kappa shape index (κ1) is 19.6. The Hall–Kier alpha value is -3.15. The maximum absolute atomic E-state index is 12.8. The molecule has 2 aromatic carbocycles. The lowest BCUT2D eigenvalue weighted by molar-refractivity contribution is -0.115. The molecular weight excluding hydrogens is 356 g/mol. The van der Waals surface area contributed by atoms with Crippen LogP contribution >= 0.6 is 0 Å². The normalized spacial score (nSPS) is 10.9. The van der Waals surface area contributed by atoms with E-state index in [1.807, 2.05) is 36.5 Å². The van der Waals surface area contributed by atoms with Gasteiger partial charge in [-0.25, -0.2) is 0 Å². The minimum Gasteiger partial charge on any atom is -0.493 e. The minimum absolute atomic E-state index is 0.0918. The van der Waals surface area contributed by atoms with E-state index >= 15 is 0 Å². The van der Waals surface area contributed by atoms with Gasteiger partial charge >= 0.3 is 0 Å². The lowest BCUT2D eigenvalue weighted by Gasteiger charge is -2.15. The highest BCUT2D eigenvalue weighted by Crippen LogP contribution is 2.44. The van der Waals surface area contributed by atoms with Crippen LogP contribution in [0.15, 0.2) is 36.5 Å². The van der Waals surface area contributed by atoms with E-state index in [1.165, 1.54) is 0 Å². The number of H-pyrrole nitrogens is 1. The zero-order valence-corrected chi connectivity index (χ0v) is 16.9. The van der Waals surface area contributed by atoms with Crippen molar-refractivity contribution >= 4 is 22.5 Å². The van der Waals surface area contributed by atoms with Crippen molar-refractivity contribution in [1.82, 2.24) is 4.98 Å². The number of benzene rings is 2. The summed E-state index contributed by atoms with van der Waals surface area (Å²) in [5, 5.41) is 3.85. The fourth-order valence-electron chi connectivity index (χ4n) is 3.45. The number of nitrogens with one attached hydrogen (secondary N) is 2. The summed E-state index contributed by atoms with van der Waals surface area (Å²) < 4.78 is 16.4. The van der Waals surface area contributed by atoms with Gasteiger partial charge in [-0.05, 0) is 23.1 Å². The molecule has 2 N–H and O–H groups in total. The highest BCUT2D eigenvalue weighted by molar-refractivity contribution is 5.99. The number of para-hydroxylation sites is 1. The second-order valence-electron chi connectivity index (χ2n) is 6.85. The third kappa shape index (κ3) is 3.63. The minimum atomic E-state index is -0.0918. The summed E-state index contributed by atoms with van der Waals surface area (Å²) in [5.41, 5.74) is 3.60. The number of methoxy groups -OCH3 is 3. The number of hydrogen-bond donors (Lipinski definition) is 2. The molecule has 6 heteroatoms. The molecule has 0 saturated heterocycles. The zero-order chi connectivity index (χ0) is 20.3. The number of carbonyl (C=O) groups is 1. The van der Waals surface area contributed by atoms with Crippen molar-refractivity contribution in [2.75, 3.05) is 26.6 Å². The van der Waals surface area contributed by atoms with E-state index in [2.05, 4.69) is 24.1 Å². The molecule has 0 bridgehead atoms. The molecule has 0 atom stereocenters. The number of hydrogen-bond acceptors (Lipinski definition) is 4. The summed E-state index contributed by atoms with van der Waals surface area (Å²) in [7, 11) is 4.72. The summed E-state index contributed by atoms with van der Waals surface area (Å²) >= 11 is 0. The van der Waals surface area contributed by atoms with Crippen LogP contribution < -0.4 is 19.5 Å². The molecule has 0 aliphatic rings. The largest absolute Gasteiger partial charge is 0.493 e. The molecule has 0 aliphatic heterocycles. The molecule has 3 aromatic rings. The topological polar surface area (TPSA) is 72.6 Å². The third-order valence-corrected chi connectivity index (χ3v) is 4.76. The van der Waals surface area contributed by atoms with E-state index in [4.69, 9.17) is 14.2 Å². The van der Waals surface area contributed by atoms with Gasteiger partial charge in [0.25, 0.3) is 0 Å². The van der Waals surface area contributed by atoms with E-state index in [0.717, 1.165) is 27.7 Å². The quantitative estimate of drug-likeness (QED) is 0.631. The molecule has 0 saturated carbocycles. The summed E-state index contributed by atoms with van der Waals surface area (Å²) in [5.74, 6) is 1.84. The van der Waals surface area contributed by atoms with Crippen LogP contribution in [0.25, 0.3) is 10.9 Å². The van der Waals surface area contributed by atoms with Gasteiger partial charge in [0, 0.05) is 23.3 Å². The van der Waals surface area contributed by atoms with Crippen LogP contribution in [0.5, 0.6) is 17.2 Å². The van der Waals surface area contributed by atoms with Crippen molar-refractivity contribution in [2.24, 2.45) is 0 Å². The van der Waals surface area contributed by atoms with Crippen LogP contribution in [0, 0.1) is 0 Å². The molecule has 3 rings (SSSR count). The number of fused-ring (bicyclic) bond motifs is 1. The summed E-state index contributed by atoms with van der Waals surface area (Å²) in [6, 6.07) is 9.71. The van der Waals surface area contributed by atoms with E-state index in [9.17, 15) is 4.79 Å². The number of ether oxygens (including phenoxy) is 3. The molecular formula is C22H26N2O4. The van der Waals surface area contributed by atoms with Crippen molar-refractivity contribution < 1.29 is 19.0 Å². The second-order valence-corrected chi connectivity index (χ2v) is 6.85. The van der Waals surface area contributed by atoms with Crippen molar-refractivity contribution in [3.8, 4) is 17.2 Å². The number of rotatable bonds is 7.